The smallest absolute Gasteiger partial charge is 0.131 e. The monoisotopic (exact) mass is 291 g/mol. The van der Waals surface area contributed by atoms with Crippen LogP contribution in [0.1, 0.15) is 43.8 Å². The lowest BCUT2D eigenvalue weighted by atomic mass is 10.1. The van der Waals surface area contributed by atoms with E-state index >= 15 is 0 Å². The van der Waals surface area contributed by atoms with E-state index in [0.29, 0.717) is 17.9 Å². The average molecular weight is 291 g/mol. The number of aromatic nitrogens is 2. The van der Waals surface area contributed by atoms with Crippen LogP contribution in [-0.2, 0) is 19.6 Å². The molecular weight excluding hydrogens is 269 g/mol. The van der Waals surface area contributed by atoms with Crippen molar-refractivity contribution in [2.45, 2.75) is 46.4 Å². The van der Waals surface area contributed by atoms with Crippen LogP contribution >= 0.6 is 0 Å². The van der Waals surface area contributed by atoms with Crippen LogP contribution in [-0.4, -0.2) is 9.78 Å². The summed E-state index contributed by atoms with van der Waals surface area (Å²) >= 11 is 0. The molecule has 0 unspecified atom stereocenters. The number of halogens is 1. The Kier molecular flexibility index (Phi) is 4.96. The first-order valence-corrected chi connectivity index (χ1v) is 7.28. The maximum absolute atomic E-state index is 13.9. The summed E-state index contributed by atoms with van der Waals surface area (Å²) in [7, 11) is 0. The van der Waals surface area contributed by atoms with Crippen molar-refractivity contribution in [1.82, 2.24) is 9.78 Å². The number of nitrogens with zero attached hydrogens (tertiary/aromatic N) is 2. The first kappa shape index (κ1) is 15.5. The van der Waals surface area contributed by atoms with Crippen molar-refractivity contribution in [1.29, 1.82) is 0 Å². The molecule has 21 heavy (non-hydrogen) atoms. The molecular formula is C16H22FN3O. The Labute approximate surface area is 124 Å². The second-order valence-corrected chi connectivity index (χ2v) is 5.06. The van der Waals surface area contributed by atoms with Crippen molar-refractivity contribution in [3.05, 3.63) is 47.0 Å². The molecule has 1 aromatic heterocycles. The quantitative estimate of drug-likeness (QED) is 0.889. The molecule has 0 aliphatic heterocycles. The topological polar surface area (TPSA) is 53.1 Å². The van der Waals surface area contributed by atoms with Gasteiger partial charge in [0.2, 0.25) is 0 Å². The van der Waals surface area contributed by atoms with Crippen LogP contribution in [0.2, 0.25) is 0 Å². The summed E-state index contributed by atoms with van der Waals surface area (Å²) in [5, 5.41) is 4.46. The van der Waals surface area contributed by atoms with Crippen molar-refractivity contribution in [2.75, 3.05) is 0 Å². The second kappa shape index (κ2) is 6.72. The van der Waals surface area contributed by atoms with Crippen molar-refractivity contribution < 1.29 is 9.13 Å². The molecule has 4 nitrogen and oxygen atoms in total. The van der Waals surface area contributed by atoms with Gasteiger partial charge in [-0.25, -0.2) is 4.39 Å². The van der Waals surface area contributed by atoms with E-state index in [9.17, 15) is 4.39 Å². The Hall–Kier alpha value is -1.88. The molecule has 1 atom stereocenters. The zero-order valence-corrected chi connectivity index (χ0v) is 12.8. The van der Waals surface area contributed by atoms with Crippen LogP contribution in [0.3, 0.4) is 0 Å². The van der Waals surface area contributed by atoms with Crippen LogP contribution in [0.15, 0.2) is 24.3 Å². The summed E-state index contributed by atoms with van der Waals surface area (Å²) in [5.41, 5.74) is 8.22. The fraction of sp³-hybridized carbons (Fsp3) is 0.438. The molecule has 2 rings (SSSR count). The minimum Gasteiger partial charge on any atom is -0.487 e. The third-order valence-corrected chi connectivity index (χ3v) is 3.42. The van der Waals surface area contributed by atoms with Gasteiger partial charge in [0.1, 0.15) is 18.2 Å². The van der Waals surface area contributed by atoms with Crippen LogP contribution in [0, 0.1) is 5.82 Å². The van der Waals surface area contributed by atoms with Crippen LogP contribution < -0.4 is 10.5 Å². The highest BCUT2D eigenvalue weighted by molar-refractivity contribution is 5.30. The lowest BCUT2D eigenvalue weighted by Crippen LogP contribution is -2.08. The fourth-order valence-corrected chi connectivity index (χ4v) is 2.20. The van der Waals surface area contributed by atoms with Gasteiger partial charge in [-0.05, 0) is 32.4 Å². The SMILES string of the molecule is CCc1cc(COc2ccc([C@H](C)N)c(F)c2)n(CC)n1. The van der Waals surface area contributed by atoms with E-state index < -0.39 is 0 Å². The van der Waals surface area contributed by atoms with E-state index in [-0.39, 0.29) is 11.9 Å². The number of rotatable bonds is 6. The maximum atomic E-state index is 13.9. The molecule has 0 aliphatic carbocycles. The Morgan fingerprint density at radius 3 is 2.67 bits per heavy atom. The molecule has 114 valence electrons. The molecule has 0 fully saturated rings. The molecule has 1 heterocycles. The third kappa shape index (κ3) is 3.61. The molecule has 0 radical (unpaired) electrons. The van der Waals surface area contributed by atoms with Crippen LogP contribution in [0.25, 0.3) is 0 Å². The van der Waals surface area contributed by atoms with Gasteiger partial charge in [-0.1, -0.05) is 13.0 Å². The summed E-state index contributed by atoms with van der Waals surface area (Å²) in [4.78, 5) is 0. The molecule has 0 spiro atoms. The summed E-state index contributed by atoms with van der Waals surface area (Å²) in [6.45, 7) is 7.02. The summed E-state index contributed by atoms with van der Waals surface area (Å²) < 4.78 is 21.4. The van der Waals surface area contributed by atoms with Crippen molar-refractivity contribution in [3.63, 3.8) is 0 Å². The minimum atomic E-state index is -0.333. The summed E-state index contributed by atoms with van der Waals surface area (Å²) in [6, 6.07) is 6.49. The van der Waals surface area contributed by atoms with Gasteiger partial charge in [0.05, 0.1) is 11.4 Å². The fourth-order valence-electron chi connectivity index (χ4n) is 2.20. The predicted octanol–water partition coefficient (Wildman–Crippen LogP) is 3.20. The molecule has 0 saturated heterocycles. The third-order valence-electron chi connectivity index (χ3n) is 3.42. The standard InChI is InChI=1S/C16H22FN3O/c1-4-12-8-13(20(5-2)19-12)10-21-14-6-7-15(11(3)18)16(17)9-14/h6-9,11H,4-5,10,18H2,1-3H3/t11-/m0/s1. The Morgan fingerprint density at radius 1 is 1.33 bits per heavy atom. The molecule has 2 N–H and O–H groups in total. The number of hydrogen-bond acceptors (Lipinski definition) is 3. The molecule has 0 saturated carbocycles. The van der Waals surface area contributed by atoms with Gasteiger partial charge in [0, 0.05) is 24.2 Å². The Morgan fingerprint density at radius 2 is 2.10 bits per heavy atom. The van der Waals surface area contributed by atoms with Crippen molar-refractivity contribution in [2.24, 2.45) is 5.73 Å². The Bertz CT molecular complexity index is 608. The largest absolute Gasteiger partial charge is 0.487 e. The van der Waals surface area contributed by atoms with E-state index in [0.717, 1.165) is 24.4 Å². The number of benzene rings is 1. The zero-order valence-electron chi connectivity index (χ0n) is 12.8. The highest BCUT2D eigenvalue weighted by Crippen LogP contribution is 2.21. The van der Waals surface area contributed by atoms with E-state index in [1.807, 2.05) is 17.7 Å². The second-order valence-electron chi connectivity index (χ2n) is 5.06. The minimum absolute atomic E-state index is 0.326. The number of nitrogens with two attached hydrogens (primary N) is 1. The average Bonchev–Trinajstić information content (AvgIpc) is 2.87. The van der Waals surface area contributed by atoms with E-state index in [4.69, 9.17) is 10.5 Å². The summed E-state index contributed by atoms with van der Waals surface area (Å²) in [5.74, 6) is 0.166. The van der Waals surface area contributed by atoms with Gasteiger partial charge >= 0.3 is 0 Å². The van der Waals surface area contributed by atoms with Gasteiger partial charge in [-0.3, -0.25) is 4.68 Å². The van der Waals surface area contributed by atoms with Crippen molar-refractivity contribution in [3.8, 4) is 5.75 Å². The first-order valence-electron chi connectivity index (χ1n) is 7.28. The van der Waals surface area contributed by atoms with Gasteiger partial charge < -0.3 is 10.5 Å². The molecule has 1 aromatic carbocycles. The lowest BCUT2D eigenvalue weighted by Gasteiger charge is -2.11. The number of aryl methyl sites for hydroxylation is 2. The lowest BCUT2D eigenvalue weighted by molar-refractivity contribution is 0.291. The molecule has 2 aromatic rings. The van der Waals surface area contributed by atoms with Gasteiger partial charge in [0.25, 0.3) is 0 Å². The first-order chi connectivity index (χ1) is 10.0. The highest BCUT2D eigenvalue weighted by atomic mass is 19.1. The van der Waals surface area contributed by atoms with E-state index in [1.165, 1.54) is 6.07 Å². The molecule has 0 aliphatic rings. The molecule has 0 amide bonds. The molecule has 5 heteroatoms. The van der Waals surface area contributed by atoms with Gasteiger partial charge in [-0.2, -0.15) is 5.10 Å². The van der Waals surface area contributed by atoms with E-state index in [2.05, 4.69) is 12.0 Å². The maximum Gasteiger partial charge on any atom is 0.131 e. The summed E-state index contributed by atoms with van der Waals surface area (Å²) in [6.07, 6.45) is 0.887. The Balaban J connectivity index is 2.09. The normalized spacial score (nSPS) is 12.4. The van der Waals surface area contributed by atoms with Gasteiger partial charge in [-0.15, -0.1) is 0 Å². The highest BCUT2D eigenvalue weighted by Gasteiger charge is 2.10. The predicted molar refractivity (Wildman–Crippen MR) is 80.6 cm³/mol. The van der Waals surface area contributed by atoms with Crippen LogP contribution in [0.5, 0.6) is 5.75 Å². The number of ether oxygens (including phenoxy) is 1. The van der Waals surface area contributed by atoms with Crippen LogP contribution in [0.4, 0.5) is 4.39 Å². The van der Waals surface area contributed by atoms with Gasteiger partial charge in [0.15, 0.2) is 0 Å². The zero-order chi connectivity index (χ0) is 15.4. The van der Waals surface area contributed by atoms with E-state index in [1.54, 1.807) is 19.1 Å². The molecule has 0 bridgehead atoms. The number of hydrogen-bond donors (Lipinski definition) is 1. The van der Waals surface area contributed by atoms with Crippen molar-refractivity contribution >= 4 is 0 Å².